The summed E-state index contributed by atoms with van der Waals surface area (Å²) >= 11 is 0. The number of anilines is 1. The molecule has 0 aromatic heterocycles. The smallest absolute Gasteiger partial charge is 0.243 e. The number of rotatable bonds is 4. The highest BCUT2D eigenvalue weighted by atomic mass is 32.2. The Morgan fingerprint density at radius 3 is 2.14 bits per heavy atom. The van der Waals surface area contributed by atoms with Crippen LogP contribution in [0.2, 0.25) is 0 Å². The van der Waals surface area contributed by atoms with Crippen LogP contribution >= 0.6 is 0 Å². The van der Waals surface area contributed by atoms with Gasteiger partial charge in [-0.05, 0) is 24.3 Å². The number of hydrogen-bond donors (Lipinski definition) is 1. The summed E-state index contributed by atoms with van der Waals surface area (Å²) in [5, 5.41) is 0. The maximum Gasteiger partial charge on any atom is 0.243 e. The molecule has 0 atom stereocenters. The zero-order valence-electron chi connectivity index (χ0n) is 12.5. The molecule has 1 saturated heterocycles. The summed E-state index contributed by atoms with van der Waals surface area (Å²) < 4.78 is 26.2. The third kappa shape index (κ3) is 4.52. The van der Waals surface area contributed by atoms with Crippen LogP contribution < -0.4 is 5.73 Å². The summed E-state index contributed by atoms with van der Waals surface area (Å²) in [5.74, 6) is 0. The van der Waals surface area contributed by atoms with Crippen molar-refractivity contribution in [3.05, 3.63) is 24.3 Å². The summed E-state index contributed by atoms with van der Waals surface area (Å²) in [5.41, 5.74) is 6.09. The number of nitrogen functional groups attached to an aromatic ring is 1. The van der Waals surface area contributed by atoms with Gasteiger partial charge in [0, 0.05) is 33.3 Å². The van der Waals surface area contributed by atoms with Crippen molar-refractivity contribution in [3.63, 3.8) is 0 Å². The van der Waals surface area contributed by atoms with Crippen LogP contribution in [0, 0.1) is 0 Å². The largest absolute Gasteiger partial charge is 0.399 e. The molecule has 2 rings (SSSR count). The van der Waals surface area contributed by atoms with E-state index >= 15 is 0 Å². The van der Waals surface area contributed by atoms with E-state index in [0.29, 0.717) is 38.4 Å². The molecule has 0 spiro atoms. The van der Waals surface area contributed by atoms with Gasteiger partial charge in [0.2, 0.25) is 10.0 Å². The summed E-state index contributed by atoms with van der Waals surface area (Å²) in [7, 11) is -3.45. The topological polar surface area (TPSA) is 83.7 Å². The lowest BCUT2D eigenvalue weighted by atomic mass is 10.3. The second kappa shape index (κ2) is 8.11. The van der Waals surface area contributed by atoms with Gasteiger partial charge in [-0.15, -0.1) is 0 Å². The van der Waals surface area contributed by atoms with Gasteiger partial charge in [0.1, 0.15) is 6.29 Å². The molecule has 0 aliphatic carbocycles. The van der Waals surface area contributed by atoms with E-state index in [0.717, 1.165) is 6.29 Å². The van der Waals surface area contributed by atoms with Gasteiger partial charge >= 0.3 is 0 Å². The zero-order chi connectivity index (χ0) is 15.9. The van der Waals surface area contributed by atoms with E-state index in [2.05, 4.69) is 0 Å². The molecule has 0 amide bonds. The van der Waals surface area contributed by atoms with Crippen molar-refractivity contribution < 1.29 is 14.6 Å². The monoisotopic (exact) mass is 315 g/mol. The fourth-order valence-corrected chi connectivity index (χ4v) is 3.47. The highest BCUT2D eigenvalue weighted by molar-refractivity contribution is 7.89. The Labute approximate surface area is 128 Å². The number of aldehydes is 1. The number of sulfonamides is 1. The van der Waals surface area contributed by atoms with Gasteiger partial charge in [-0.3, -0.25) is 4.90 Å². The summed E-state index contributed by atoms with van der Waals surface area (Å²) in [6, 6.07) is 6.19. The average Bonchev–Trinajstić information content (AvgIpc) is 2.51. The van der Waals surface area contributed by atoms with E-state index in [9.17, 15) is 13.2 Å². The Hall–Kier alpha value is -1.44. The van der Waals surface area contributed by atoms with Crippen LogP contribution in [0.5, 0.6) is 0 Å². The minimum atomic E-state index is -3.45. The van der Waals surface area contributed by atoms with Gasteiger partial charge in [0.15, 0.2) is 0 Å². The van der Waals surface area contributed by atoms with Crippen LogP contribution in [0.3, 0.4) is 0 Å². The summed E-state index contributed by atoms with van der Waals surface area (Å²) in [6.45, 7) is 6.32. The normalized spacial score (nSPS) is 16.9. The van der Waals surface area contributed by atoms with Crippen molar-refractivity contribution in [3.8, 4) is 0 Å². The number of nitrogens with two attached hydrogens (primary N) is 1. The lowest BCUT2D eigenvalue weighted by Crippen LogP contribution is -2.48. The molecule has 0 radical (unpaired) electrons. The van der Waals surface area contributed by atoms with Gasteiger partial charge in [0.25, 0.3) is 0 Å². The third-order valence-corrected chi connectivity index (χ3v) is 5.09. The molecule has 0 saturated carbocycles. The quantitative estimate of drug-likeness (QED) is 0.663. The lowest BCUT2D eigenvalue weighted by molar-refractivity contribution is -0.109. The molecular formula is C14H25N3O3S. The Bertz CT molecular complexity index is 541. The molecule has 2 N–H and O–H groups in total. The van der Waals surface area contributed by atoms with E-state index < -0.39 is 10.0 Å². The first-order valence-electron chi connectivity index (χ1n) is 7.06. The Kier molecular flexibility index (Phi) is 6.80. The molecule has 1 fully saturated rings. The lowest BCUT2D eigenvalue weighted by Gasteiger charge is -2.32. The highest BCUT2D eigenvalue weighted by Crippen LogP contribution is 2.18. The molecule has 1 heterocycles. The van der Waals surface area contributed by atoms with Crippen molar-refractivity contribution in [1.29, 1.82) is 0 Å². The number of carbonyl (C=O) groups excluding carboxylic acids is 1. The van der Waals surface area contributed by atoms with Gasteiger partial charge in [-0.2, -0.15) is 4.31 Å². The van der Waals surface area contributed by atoms with Crippen LogP contribution in [-0.2, 0) is 14.8 Å². The molecule has 1 aromatic carbocycles. The van der Waals surface area contributed by atoms with Crippen LogP contribution in [0.4, 0.5) is 5.69 Å². The molecule has 21 heavy (non-hydrogen) atoms. The first kappa shape index (κ1) is 17.6. The fraction of sp³-hybridized carbons (Fsp3) is 0.500. The first-order valence-corrected chi connectivity index (χ1v) is 8.50. The summed E-state index contributed by atoms with van der Waals surface area (Å²) in [4.78, 5) is 12.6. The van der Waals surface area contributed by atoms with Gasteiger partial charge in [0.05, 0.1) is 11.4 Å². The molecule has 6 nitrogen and oxygen atoms in total. The Morgan fingerprint density at radius 1 is 1.14 bits per heavy atom. The van der Waals surface area contributed by atoms with E-state index in [1.54, 1.807) is 12.1 Å². The average molecular weight is 315 g/mol. The molecule has 120 valence electrons. The zero-order valence-corrected chi connectivity index (χ0v) is 13.3. The van der Waals surface area contributed by atoms with Crippen molar-refractivity contribution in [1.82, 2.24) is 9.21 Å². The van der Waals surface area contributed by atoms with E-state index in [1.165, 1.54) is 16.4 Å². The van der Waals surface area contributed by atoms with Crippen LogP contribution in [-0.4, -0.2) is 56.6 Å². The van der Waals surface area contributed by atoms with Crippen molar-refractivity contribution in [2.24, 2.45) is 0 Å². The van der Waals surface area contributed by atoms with E-state index in [1.807, 2.05) is 18.7 Å². The number of hydrogen-bond acceptors (Lipinski definition) is 5. The maximum atomic E-state index is 12.4. The van der Waals surface area contributed by atoms with Crippen LogP contribution in [0.1, 0.15) is 15.3 Å². The minimum Gasteiger partial charge on any atom is -0.399 e. The van der Waals surface area contributed by atoms with Gasteiger partial charge in [-0.1, -0.05) is 13.8 Å². The number of benzene rings is 1. The summed E-state index contributed by atoms with van der Waals surface area (Å²) in [6.07, 6.45) is 0.837. The molecule has 1 aromatic rings. The third-order valence-electron chi connectivity index (χ3n) is 3.18. The SMILES string of the molecule is CC.Nc1ccc(S(=O)(=O)N2CCN(CC=O)CC2)cc1.[HH]. The first-order chi connectivity index (χ1) is 10.0. The highest BCUT2D eigenvalue weighted by Gasteiger charge is 2.28. The second-order valence-electron chi connectivity index (χ2n) is 4.44. The standard InChI is InChI=1S/C12H17N3O3S.C2H6.H2/c13-11-1-3-12(4-2-11)19(17,18)15-7-5-14(6-8-15)9-10-16;1-2;/h1-4,10H,5-9,13H2;1-2H3;1H. The van der Waals surface area contributed by atoms with Crippen molar-refractivity contribution in [2.45, 2.75) is 18.7 Å². The molecule has 1 aliphatic heterocycles. The Morgan fingerprint density at radius 2 is 1.67 bits per heavy atom. The molecule has 7 heteroatoms. The van der Waals surface area contributed by atoms with Crippen LogP contribution in [0.15, 0.2) is 29.2 Å². The van der Waals surface area contributed by atoms with E-state index in [-0.39, 0.29) is 6.32 Å². The van der Waals surface area contributed by atoms with Crippen LogP contribution in [0.25, 0.3) is 0 Å². The second-order valence-corrected chi connectivity index (χ2v) is 6.38. The number of piperazine rings is 1. The number of nitrogens with zero attached hydrogens (tertiary/aromatic N) is 2. The molecule has 0 bridgehead atoms. The molecule has 0 unspecified atom stereocenters. The van der Waals surface area contributed by atoms with Crippen molar-refractivity contribution >= 4 is 22.0 Å². The molecular weight excluding hydrogens is 290 g/mol. The van der Waals surface area contributed by atoms with Crippen molar-refractivity contribution in [2.75, 3.05) is 38.5 Å². The minimum absolute atomic E-state index is 0. The maximum absolute atomic E-state index is 12.4. The fourth-order valence-electron chi connectivity index (χ4n) is 2.05. The van der Waals surface area contributed by atoms with E-state index in [4.69, 9.17) is 5.73 Å². The Balaban J connectivity index is 0.00000141. The predicted molar refractivity (Wildman–Crippen MR) is 85.6 cm³/mol. The van der Waals surface area contributed by atoms with Gasteiger partial charge < -0.3 is 10.5 Å². The molecule has 1 aliphatic rings. The van der Waals surface area contributed by atoms with Gasteiger partial charge in [-0.25, -0.2) is 8.42 Å². The predicted octanol–water partition coefficient (Wildman–Crippen LogP) is 1.05. The number of carbonyl (C=O) groups is 1.